The summed E-state index contributed by atoms with van der Waals surface area (Å²) < 4.78 is 0. The zero-order valence-corrected chi connectivity index (χ0v) is 10.4. The Kier molecular flexibility index (Phi) is 3.78. The first-order chi connectivity index (χ1) is 8.65. The number of allylic oxidation sites excluding steroid dienone is 1. The van der Waals surface area contributed by atoms with Gasteiger partial charge < -0.3 is 5.11 Å². The monoisotopic (exact) mass is 240 g/mol. The van der Waals surface area contributed by atoms with Crippen LogP contribution >= 0.6 is 0 Å². The first-order valence-electron chi connectivity index (χ1n) is 6.04. The van der Waals surface area contributed by atoms with E-state index >= 15 is 0 Å². The number of hydrogen-bond donors (Lipinski definition) is 1. The predicted octanol–water partition coefficient (Wildman–Crippen LogP) is 3.72. The molecule has 0 heterocycles. The van der Waals surface area contributed by atoms with E-state index in [0.717, 1.165) is 12.8 Å². The van der Waals surface area contributed by atoms with Crippen molar-refractivity contribution in [3.63, 3.8) is 0 Å². The molecular weight excluding hydrogens is 224 g/mol. The molecule has 2 aromatic rings. The lowest BCUT2D eigenvalue weighted by Gasteiger charge is -2.03. The fraction of sp³-hybridized carbons (Fsp3) is 0.188. The van der Waals surface area contributed by atoms with Crippen LogP contribution in [0, 0.1) is 6.92 Å². The highest BCUT2D eigenvalue weighted by molar-refractivity contribution is 5.83. The van der Waals surface area contributed by atoms with Gasteiger partial charge in [-0.15, -0.1) is 0 Å². The van der Waals surface area contributed by atoms with Crippen molar-refractivity contribution in [3.05, 3.63) is 59.7 Å². The van der Waals surface area contributed by atoms with Crippen LogP contribution in [0.3, 0.4) is 0 Å². The SMILES string of the molecule is Cc1ccc2cc(CC/C=C/C(=O)O)ccc2c1. The maximum absolute atomic E-state index is 10.3. The van der Waals surface area contributed by atoms with E-state index in [4.69, 9.17) is 5.11 Å². The number of carboxylic acids is 1. The van der Waals surface area contributed by atoms with E-state index in [1.807, 2.05) is 0 Å². The second-order valence-electron chi connectivity index (χ2n) is 4.46. The number of benzene rings is 2. The molecule has 0 atom stereocenters. The van der Waals surface area contributed by atoms with Gasteiger partial charge in [0.2, 0.25) is 0 Å². The smallest absolute Gasteiger partial charge is 0.327 e. The summed E-state index contributed by atoms with van der Waals surface area (Å²) in [7, 11) is 0. The second-order valence-corrected chi connectivity index (χ2v) is 4.46. The van der Waals surface area contributed by atoms with E-state index in [1.165, 1.54) is 28.0 Å². The fourth-order valence-electron chi connectivity index (χ4n) is 2.00. The van der Waals surface area contributed by atoms with Gasteiger partial charge in [-0.2, -0.15) is 0 Å². The Morgan fingerprint density at radius 1 is 1.17 bits per heavy atom. The van der Waals surface area contributed by atoms with Gasteiger partial charge in [0.1, 0.15) is 0 Å². The molecule has 0 saturated heterocycles. The molecule has 2 nitrogen and oxygen atoms in total. The van der Waals surface area contributed by atoms with Gasteiger partial charge in [0.25, 0.3) is 0 Å². The number of aliphatic carboxylic acids is 1. The summed E-state index contributed by atoms with van der Waals surface area (Å²) in [6.07, 6.45) is 4.52. The lowest BCUT2D eigenvalue weighted by molar-refractivity contribution is -0.131. The molecule has 0 aliphatic carbocycles. The highest BCUT2D eigenvalue weighted by Gasteiger charge is 1.97. The van der Waals surface area contributed by atoms with Gasteiger partial charge in [-0.05, 0) is 36.1 Å². The molecule has 0 aliphatic rings. The van der Waals surface area contributed by atoms with Crippen molar-refractivity contribution in [2.45, 2.75) is 19.8 Å². The molecule has 18 heavy (non-hydrogen) atoms. The molecule has 0 radical (unpaired) electrons. The van der Waals surface area contributed by atoms with Crippen molar-refractivity contribution in [3.8, 4) is 0 Å². The average molecular weight is 240 g/mol. The van der Waals surface area contributed by atoms with Gasteiger partial charge in [0.05, 0.1) is 0 Å². The molecule has 2 heteroatoms. The van der Waals surface area contributed by atoms with Gasteiger partial charge in [0.15, 0.2) is 0 Å². The summed E-state index contributed by atoms with van der Waals surface area (Å²) in [5.74, 6) is -0.885. The molecule has 0 aromatic heterocycles. The van der Waals surface area contributed by atoms with Crippen molar-refractivity contribution in [1.82, 2.24) is 0 Å². The molecule has 92 valence electrons. The van der Waals surface area contributed by atoms with Crippen molar-refractivity contribution >= 4 is 16.7 Å². The van der Waals surface area contributed by atoms with Gasteiger partial charge >= 0.3 is 5.97 Å². The Morgan fingerprint density at radius 3 is 2.67 bits per heavy atom. The minimum absolute atomic E-state index is 0.754. The minimum Gasteiger partial charge on any atom is -0.478 e. The predicted molar refractivity (Wildman–Crippen MR) is 73.8 cm³/mol. The minimum atomic E-state index is -0.885. The van der Waals surface area contributed by atoms with E-state index in [0.29, 0.717) is 0 Å². The third-order valence-electron chi connectivity index (χ3n) is 2.92. The summed E-state index contributed by atoms with van der Waals surface area (Å²) in [5.41, 5.74) is 2.50. The molecule has 0 fully saturated rings. The normalized spacial score (nSPS) is 11.2. The molecule has 0 aliphatic heterocycles. The Bertz CT molecular complexity index is 597. The van der Waals surface area contributed by atoms with Crippen molar-refractivity contribution in [1.29, 1.82) is 0 Å². The summed E-state index contributed by atoms with van der Waals surface area (Å²) in [6.45, 7) is 2.09. The van der Waals surface area contributed by atoms with E-state index in [1.54, 1.807) is 6.08 Å². The largest absolute Gasteiger partial charge is 0.478 e. The summed E-state index contributed by atoms with van der Waals surface area (Å²) in [4.78, 5) is 10.3. The topological polar surface area (TPSA) is 37.3 Å². The van der Waals surface area contributed by atoms with Crippen LogP contribution < -0.4 is 0 Å². The van der Waals surface area contributed by atoms with Crippen molar-refractivity contribution in [2.75, 3.05) is 0 Å². The first kappa shape index (κ1) is 12.4. The van der Waals surface area contributed by atoms with E-state index < -0.39 is 5.97 Å². The van der Waals surface area contributed by atoms with Gasteiger partial charge in [-0.3, -0.25) is 0 Å². The van der Waals surface area contributed by atoms with E-state index in [-0.39, 0.29) is 0 Å². The number of aryl methyl sites for hydroxylation is 2. The van der Waals surface area contributed by atoms with Crippen molar-refractivity contribution < 1.29 is 9.90 Å². The third kappa shape index (κ3) is 3.20. The quantitative estimate of drug-likeness (QED) is 0.827. The lowest BCUT2D eigenvalue weighted by Crippen LogP contribution is -1.88. The Labute approximate surface area is 107 Å². The molecule has 0 spiro atoms. The Balaban J connectivity index is 2.10. The van der Waals surface area contributed by atoms with Gasteiger partial charge in [-0.1, -0.05) is 48.0 Å². The average Bonchev–Trinajstić information content (AvgIpc) is 2.34. The van der Waals surface area contributed by atoms with Crippen LogP contribution in [-0.4, -0.2) is 11.1 Å². The zero-order chi connectivity index (χ0) is 13.0. The van der Waals surface area contributed by atoms with Gasteiger partial charge in [-0.25, -0.2) is 4.79 Å². The summed E-state index contributed by atoms with van der Waals surface area (Å²) >= 11 is 0. The Morgan fingerprint density at radius 2 is 1.89 bits per heavy atom. The van der Waals surface area contributed by atoms with Crippen LogP contribution in [0.4, 0.5) is 0 Å². The third-order valence-corrected chi connectivity index (χ3v) is 2.92. The Hall–Kier alpha value is -2.09. The highest BCUT2D eigenvalue weighted by Crippen LogP contribution is 2.18. The standard InChI is InChI=1S/C16H16O2/c1-12-6-8-15-11-13(7-9-14(15)10-12)4-2-3-5-16(17)18/h3,5-11H,2,4H2,1H3,(H,17,18)/b5-3+. The van der Waals surface area contributed by atoms with Crippen LogP contribution in [-0.2, 0) is 11.2 Å². The molecule has 2 aromatic carbocycles. The molecule has 0 amide bonds. The number of carbonyl (C=O) groups is 1. The lowest BCUT2D eigenvalue weighted by atomic mass is 10.0. The maximum atomic E-state index is 10.3. The van der Waals surface area contributed by atoms with Crippen LogP contribution in [0.5, 0.6) is 0 Å². The molecule has 0 unspecified atom stereocenters. The molecule has 0 bridgehead atoms. The molecule has 0 saturated carbocycles. The van der Waals surface area contributed by atoms with Crippen LogP contribution in [0.1, 0.15) is 17.5 Å². The number of hydrogen-bond acceptors (Lipinski definition) is 1. The van der Waals surface area contributed by atoms with E-state index in [2.05, 4.69) is 43.3 Å². The van der Waals surface area contributed by atoms with Crippen LogP contribution in [0.15, 0.2) is 48.6 Å². The van der Waals surface area contributed by atoms with Gasteiger partial charge in [0, 0.05) is 6.08 Å². The number of fused-ring (bicyclic) bond motifs is 1. The fourth-order valence-corrected chi connectivity index (χ4v) is 2.00. The zero-order valence-electron chi connectivity index (χ0n) is 10.4. The summed E-state index contributed by atoms with van der Waals surface area (Å²) in [5, 5.41) is 11.0. The molecular formula is C16H16O2. The summed E-state index contributed by atoms with van der Waals surface area (Å²) in [6, 6.07) is 12.8. The molecule has 2 rings (SSSR count). The molecule has 1 N–H and O–H groups in total. The van der Waals surface area contributed by atoms with Crippen LogP contribution in [0.2, 0.25) is 0 Å². The number of rotatable bonds is 4. The van der Waals surface area contributed by atoms with E-state index in [9.17, 15) is 4.79 Å². The van der Waals surface area contributed by atoms with Crippen molar-refractivity contribution in [2.24, 2.45) is 0 Å². The van der Waals surface area contributed by atoms with Crippen LogP contribution in [0.25, 0.3) is 10.8 Å². The highest BCUT2D eigenvalue weighted by atomic mass is 16.4. The maximum Gasteiger partial charge on any atom is 0.327 e. The second kappa shape index (κ2) is 5.50. The number of carboxylic acid groups (broad SMARTS) is 1. The first-order valence-corrected chi connectivity index (χ1v) is 6.04.